The van der Waals surface area contributed by atoms with Crippen molar-refractivity contribution in [3.8, 4) is 0 Å². The van der Waals surface area contributed by atoms with Crippen LogP contribution >= 0.6 is 0 Å². The first-order valence-corrected chi connectivity index (χ1v) is 6.55. The van der Waals surface area contributed by atoms with Crippen molar-refractivity contribution in [2.75, 3.05) is 6.54 Å². The van der Waals surface area contributed by atoms with Crippen LogP contribution in [0.2, 0.25) is 0 Å². The van der Waals surface area contributed by atoms with E-state index in [1.165, 1.54) is 5.56 Å². The number of carbonyl (C=O) groups excluding carboxylic acids is 1. The number of carbonyl (C=O) groups is 1. The second-order valence-corrected chi connectivity index (χ2v) is 5.11. The third kappa shape index (κ3) is 3.84. The molecule has 3 nitrogen and oxygen atoms in total. The van der Waals surface area contributed by atoms with Crippen molar-refractivity contribution in [2.45, 2.75) is 40.3 Å². The molecular weight excluding hydrogens is 224 g/mol. The van der Waals surface area contributed by atoms with E-state index in [1.54, 1.807) is 0 Å². The Hall–Kier alpha value is -1.35. The molecule has 0 radical (unpaired) electrons. The highest BCUT2D eigenvalue weighted by Crippen LogP contribution is 2.10. The monoisotopic (exact) mass is 248 g/mol. The van der Waals surface area contributed by atoms with Gasteiger partial charge in [0.1, 0.15) is 0 Å². The van der Waals surface area contributed by atoms with Crippen molar-refractivity contribution >= 4 is 5.91 Å². The highest BCUT2D eigenvalue weighted by molar-refractivity contribution is 5.81. The quantitative estimate of drug-likeness (QED) is 0.869. The molecule has 1 aromatic rings. The summed E-state index contributed by atoms with van der Waals surface area (Å²) in [5.41, 5.74) is 8.29. The van der Waals surface area contributed by atoms with Gasteiger partial charge in [0.15, 0.2) is 0 Å². The highest BCUT2D eigenvalue weighted by atomic mass is 16.2. The average Bonchev–Trinajstić information content (AvgIpc) is 2.34. The van der Waals surface area contributed by atoms with Gasteiger partial charge in [0.25, 0.3) is 0 Å². The highest BCUT2D eigenvalue weighted by Gasteiger charge is 2.22. The third-order valence-electron chi connectivity index (χ3n) is 3.15. The summed E-state index contributed by atoms with van der Waals surface area (Å²) in [6, 6.07) is 7.82. The van der Waals surface area contributed by atoms with Gasteiger partial charge in [-0.2, -0.15) is 0 Å². The minimum absolute atomic E-state index is 0.0361. The lowest BCUT2D eigenvalue weighted by Gasteiger charge is -2.26. The summed E-state index contributed by atoms with van der Waals surface area (Å²) in [5, 5.41) is 0. The molecule has 0 heterocycles. The van der Waals surface area contributed by atoms with Crippen molar-refractivity contribution in [1.82, 2.24) is 4.90 Å². The fraction of sp³-hybridized carbons (Fsp3) is 0.533. The third-order valence-corrected chi connectivity index (χ3v) is 3.15. The van der Waals surface area contributed by atoms with Gasteiger partial charge in [-0.05, 0) is 25.3 Å². The Labute approximate surface area is 110 Å². The summed E-state index contributed by atoms with van der Waals surface area (Å²) >= 11 is 0. The van der Waals surface area contributed by atoms with E-state index < -0.39 is 6.04 Å². The molecule has 100 valence electrons. The molecule has 0 aliphatic carbocycles. The predicted molar refractivity (Wildman–Crippen MR) is 75.1 cm³/mol. The fourth-order valence-corrected chi connectivity index (χ4v) is 1.87. The number of hydrogen-bond donors (Lipinski definition) is 1. The zero-order valence-corrected chi connectivity index (χ0v) is 11.8. The van der Waals surface area contributed by atoms with E-state index in [-0.39, 0.29) is 11.8 Å². The molecule has 2 N–H and O–H groups in total. The number of nitrogens with two attached hydrogens (primary N) is 1. The minimum Gasteiger partial charge on any atom is -0.337 e. The molecule has 18 heavy (non-hydrogen) atoms. The van der Waals surface area contributed by atoms with Gasteiger partial charge in [-0.3, -0.25) is 4.79 Å². The summed E-state index contributed by atoms with van der Waals surface area (Å²) < 4.78 is 0. The Bertz CT molecular complexity index is 401. The minimum atomic E-state index is -0.408. The smallest absolute Gasteiger partial charge is 0.240 e. The number of rotatable bonds is 5. The van der Waals surface area contributed by atoms with Crippen LogP contribution in [0.3, 0.4) is 0 Å². The number of aryl methyl sites for hydroxylation is 1. The molecule has 1 aromatic carbocycles. The van der Waals surface area contributed by atoms with E-state index in [1.807, 2.05) is 37.8 Å². The number of hydrogen-bond acceptors (Lipinski definition) is 2. The predicted octanol–water partition coefficient (Wildman–Crippen LogP) is 2.33. The zero-order valence-electron chi connectivity index (χ0n) is 11.8. The zero-order chi connectivity index (χ0) is 13.7. The van der Waals surface area contributed by atoms with Gasteiger partial charge in [-0.15, -0.1) is 0 Å². The van der Waals surface area contributed by atoms with Crippen LogP contribution in [-0.2, 0) is 11.3 Å². The molecule has 1 atom stereocenters. The molecule has 0 saturated carbocycles. The van der Waals surface area contributed by atoms with Gasteiger partial charge < -0.3 is 10.6 Å². The maximum atomic E-state index is 12.2. The summed E-state index contributed by atoms with van der Waals surface area (Å²) in [4.78, 5) is 14.0. The molecule has 1 amide bonds. The summed E-state index contributed by atoms with van der Waals surface area (Å²) in [7, 11) is 0. The van der Waals surface area contributed by atoms with Crippen molar-refractivity contribution in [3.63, 3.8) is 0 Å². The van der Waals surface area contributed by atoms with E-state index in [9.17, 15) is 4.79 Å². The van der Waals surface area contributed by atoms with Gasteiger partial charge in [0.05, 0.1) is 6.04 Å². The number of likely N-dealkylation sites (N-methyl/N-ethyl adjacent to an activating group) is 1. The number of amides is 1. The standard InChI is InChI=1S/C15H24N2O/c1-5-17(15(18)14(16)11(2)3)10-13-8-6-7-12(4)9-13/h6-9,11,14H,5,10,16H2,1-4H3. The van der Waals surface area contributed by atoms with E-state index in [0.717, 1.165) is 5.56 Å². The molecular formula is C15H24N2O. The van der Waals surface area contributed by atoms with Crippen LogP contribution in [0, 0.1) is 12.8 Å². The summed E-state index contributed by atoms with van der Waals surface area (Å²) in [6.45, 7) is 9.32. The van der Waals surface area contributed by atoms with Crippen LogP contribution in [0.1, 0.15) is 31.9 Å². The molecule has 1 unspecified atom stereocenters. The molecule has 0 spiro atoms. The molecule has 0 aromatic heterocycles. The Kier molecular flexibility index (Phi) is 5.35. The van der Waals surface area contributed by atoms with Gasteiger partial charge in [0.2, 0.25) is 5.91 Å². The molecule has 3 heteroatoms. The number of benzene rings is 1. The fourth-order valence-electron chi connectivity index (χ4n) is 1.87. The average molecular weight is 248 g/mol. The molecule has 0 aliphatic heterocycles. The Morgan fingerprint density at radius 1 is 1.39 bits per heavy atom. The lowest BCUT2D eigenvalue weighted by atomic mass is 10.0. The Morgan fingerprint density at radius 3 is 2.56 bits per heavy atom. The van der Waals surface area contributed by atoms with Crippen LogP contribution in [-0.4, -0.2) is 23.4 Å². The molecule has 0 bridgehead atoms. The molecule has 0 saturated heterocycles. The molecule has 0 aliphatic rings. The van der Waals surface area contributed by atoms with Gasteiger partial charge in [-0.25, -0.2) is 0 Å². The van der Waals surface area contributed by atoms with Crippen LogP contribution in [0.4, 0.5) is 0 Å². The first-order valence-electron chi connectivity index (χ1n) is 6.55. The van der Waals surface area contributed by atoms with E-state index in [0.29, 0.717) is 13.1 Å². The summed E-state index contributed by atoms with van der Waals surface area (Å²) in [5.74, 6) is 0.207. The van der Waals surface area contributed by atoms with Crippen molar-refractivity contribution in [3.05, 3.63) is 35.4 Å². The first-order chi connectivity index (χ1) is 8.45. The van der Waals surface area contributed by atoms with Crippen LogP contribution in [0.25, 0.3) is 0 Å². The largest absolute Gasteiger partial charge is 0.337 e. The van der Waals surface area contributed by atoms with Crippen LogP contribution < -0.4 is 5.73 Å². The van der Waals surface area contributed by atoms with Crippen LogP contribution in [0.5, 0.6) is 0 Å². The SMILES string of the molecule is CCN(Cc1cccc(C)c1)C(=O)C(N)C(C)C. The summed E-state index contributed by atoms with van der Waals surface area (Å²) in [6.07, 6.45) is 0. The van der Waals surface area contributed by atoms with Gasteiger partial charge in [0, 0.05) is 13.1 Å². The lowest BCUT2D eigenvalue weighted by Crippen LogP contribution is -2.46. The topological polar surface area (TPSA) is 46.3 Å². The second-order valence-electron chi connectivity index (χ2n) is 5.11. The normalized spacial score (nSPS) is 12.6. The number of nitrogens with zero attached hydrogens (tertiary/aromatic N) is 1. The van der Waals surface area contributed by atoms with Gasteiger partial charge in [-0.1, -0.05) is 43.7 Å². The van der Waals surface area contributed by atoms with Crippen LogP contribution in [0.15, 0.2) is 24.3 Å². The van der Waals surface area contributed by atoms with E-state index >= 15 is 0 Å². The maximum absolute atomic E-state index is 12.2. The Morgan fingerprint density at radius 2 is 2.06 bits per heavy atom. The molecule has 1 rings (SSSR count). The Balaban J connectivity index is 2.76. The van der Waals surface area contributed by atoms with Crippen molar-refractivity contribution in [2.24, 2.45) is 11.7 Å². The van der Waals surface area contributed by atoms with E-state index in [4.69, 9.17) is 5.73 Å². The molecule has 0 fully saturated rings. The van der Waals surface area contributed by atoms with Gasteiger partial charge >= 0.3 is 0 Å². The lowest BCUT2D eigenvalue weighted by molar-refractivity contribution is -0.134. The van der Waals surface area contributed by atoms with Crippen molar-refractivity contribution < 1.29 is 4.79 Å². The first kappa shape index (κ1) is 14.7. The van der Waals surface area contributed by atoms with Crippen molar-refractivity contribution in [1.29, 1.82) is 0 Å². The second kappa shape index (κ2) is 6.55. The maximum Gasteiger partial charge on any atom is 0.240 e. The van der Waals surface area contributed by atoms with E-state index in [2.05, 4.69) is 19.1 Å².